The number of benzene rings is 1. The molecule has 0 aliphatic heterocycles. The second-order valence-corrected chi connectivity index (χ2v) is 6.55. The molecule has 0 bridgehead atoms. The molecule has 1 aromatic carbocycles. The van der Waals surface area contributed by atoms with Gasteiger partial charge in [-0.25, -0.2) is 9.59 Å². The minimum atomic E-state index is -1.23. The predicted octanol–water partition coefficient (Wildman–Crippen LogP) is 2.61. The molecule has 0 saturated heterocycles. The number of amides is 3. The van der Waals surface area contributed by atoms with Gasteiger partial charge in [-0.05, 0) is 32.8 Å². The Morgan fingerprint density at radius 1 is 1.22 bits per heavy atom. The number of carbonyl (C=O) groups excluding carboxylic acids is 3. The number of nitro groups is 1. The highest BCUT2D eigenvalue weighted by Gasteiger charge is 2.25. The molecule has 0 spiro atoms. The summed E-state index contributed by atoms with van der Waals surface area (Å²) >= 11 is 0. The number of carbonyl (C=O) groups is 3. The minimum Gasteiger partial charge on any atom is -0.449 e. The van der Waals surface area contributed by atoms with E-state index in [2.05, 4.69) is 10.6 Å². The van der Waals surface area contributed by atoms with Gasteiger partial charge in [0.1, 0.15) is 0 Å². The van der Waals surface area contributed by atoms with Gasteiger partial charge in [0, 0.05) is 17.7 Å². The van der Waals surface area contributed by atoms with Crippen LogP contribution in [-0.2, 0) is 9.53 Å². The van der Waals surface area contributed by atoms with Crippen molar-refractivity contribution in [2.24, 2.45) is 0 Å². The lowest BCUT2D eigenvalue weighted by Crippen LogP contribution is -2.48. The zero-order chi connectivity index (χ0) is 20.0. The third kappa shape index (κ3) is 5.50. The molecule has 0 radical (unpaired) electrons. The maximum Gasteiger partial charge on any atom is 0.339 e. The van der Waals surface area contributed by atoms with E-state index < -0.39 is 28.9 Å². The fourth-order valence-electron chi connectivity index (χ4n) is 3.00. The first-order valence-electron chi connectivity index (χ1n) is 8.86. The topological polar surface area (TPSA) is 128 Å². The van der Waals surface area contributed by atoms with E-state index in [1.165, 1.54) is 32.0 Å². The largest absolute Gasteiger partial charge is 0.449 e. The summed E-state index contributed by atoms with van der Waals surface area (Å²) in [5.74, 6) is -1.63. The number of nitrogens with one attached hydrogen (secondary N) is 2. The molecular formula is C18H23N3O6. The Balaban J connectivity index is 1.91. The van der Waals surface area contributed by atoms with E-state index >= 15 is 0 Å². The van der Waals surface area contributed by atoms with Gasteiger partial charge in [-0.2, -0.15) is 0 Å². The summed E-state index contributed by atoms with van der Waals surface area (Å²) in [7, 11) is 0. The fourth-order valence-corrected chi connectivity index (χ4v) is 3.00. The quantitative estimate of drug-likeness (QED) is 0.461. The molecule has 0 heterocycles. The molecule has 1 aliphatic carbocycles. The molecule has 0 aromatic heterocycles. The van der Waals surface area contributed by atoms with Crippen molar-refractivity contribution < 1.29 is 24.0 Å². The van der Waals surface area contributed by atoms with E-state index in [1.807, 2.05) is 0 Å². The zero-order valence-electron chi connectivity index (χ0n) is 15.3. The maximum atomic E-state index is 12.2. The zero-order valence-corrected chi connectivity index (χ0v) is 15.3. The van der Waals surface area contributed by atoms with E-state index in [0.717, 1.165) is 32.1 Å². The molecule has 9 nitrogen and oxygen atoms in total. The summed E-state index contributed by atoms with van der Waals surface area (Å²) in [5.41, 5.74) is -0.0703. The number of imide groups is 1. The first-order valence-corrected chi connectivity index (χ1v) is 8.86. The number of urea groups is 1. The molecule has 1 aliphatic rings. The van der Waals surface area contributed by atoms with Gasteiger partial charge in [0.25, 0.3) is 11.6 Å². The van der Waals surface area contributed by atoms with Gasteiger partial charge in [-0.1, -0.05) is 25.3 Å². The van der Waals surface area contributed by atoms with Crippen LogP contribution in [0, 0.1) is 17.0 Å². The molecule has 3 amide bonds. The van der Waals surface area contributed by atoms with Gasteiger partial charge < -0.3 is 10.1 Å². The fraction of sp³-hybridized carbons (Fsp3) is 0.500. The average molecular weight is 377 g/mol. The van der Waals surface area contributed by atoms with Crippen molar-refractivity contribution in [2.45, 2.75) is 58.1 Å². The first-order chi connectivity index (χ1) is 12.8. The van der Waals surface area contributed by atoms with Crippen LogP contribution in [0.1, 0.15) is 54.9 Å². The predicted molar refractivity (Wildman–Crippen MR) is 96.3 cm³/mol. The number of esters is 1. The monoisotopic (exact) mass is 377 g/mol. The SMILES string of the molecule is Cc1c(C(=O)O[C@H](C)C(=O)NC(=O)NC2CCCCC2)cccc1[N+](=O)[O-]. The average Bonchev–Trinajstić information content (AvgIpc) is 2.62. The van der Waals surface area contributed by atoms with E-state index in [0.29, 0.717) is 0 Å². The Morgan fingerprint density at radius 2 is 1.89 bits per heavy atom. The van der Waals surface area contributed by atoms with Crippen LogP contribution in [0.15, 0.2) is 18.2 Å². The Morgan fingerprint density at radius 3 is 2.52 bits per heavy atom. The summed E-state index contributed by atoms with van der Waals surface area (Å²) < 4.78 is 5.05. The normalized spacial score (nSPS) is 15.5. The lowest BCUT2D eigenvalue weighted by Gasteiger charge is -2.23. The molecular weight excluding hydrogens is 354 g/mol. The summed E-state index contributed by atoms with van der Waals surface area (Å²) in [5, 5.41) is 15.8. The summed E-state index contributed by atoms with van der Waals surface area (Å²) in [4.78, 5) is 46.6. The maximum absolute atomic E-state index is 12.2. The molecule has 27 heavy (non-hydrogen) atoms. The summed E-state index contributed by atoms with van der Waals surface area (Å²) in [6, 6.07) is 3.44. The van der Waals surface area contributed by atoms with Crippen molar-refractivity contribution in [3.8, 4) is 0 Å². The molecule has 146 valence electrons. The Bertz CT molecular complexity index is 743. The van der Waals surface area contributed by atoms with Crippen LogP contribution in [0.5, 0.6) is 0 Å². The van der Waals surface area contributed by atoms with Crippen molar-refractivity contribution in [1.29, 1.82) is 0 Å². The van der Waals surface area contributed by atoms with Crippen LogP contribution >= 0.6 is 0 Å². The Labute approximate surface area is 156 Å². The number of hydrogen-bond acceptors (Lipinski definition) is 6. The van der Waals surface area contributed by atoms with Crippen LogP contribution in [0.2, 0.25) is 0 Å². The molecule has 2 rings (SSSR count). The molecule has 1 saturated carbocycles. The lowest BCUT2D eigenvalue weighted by molar-refractivity contribution is -0.385. The Kier molecular flexibility index (Phi) is 6.86. The molecule has 9 heteroatoms. The van der Waals surface area contributed by atoms with Gasteiger partial charge in [0.2, 0.25) is 0 Å². The van der Waals surface area contributed by atoms with Crippen molar-refractivity contribution in [1.82, 2.24) is 10.6 Å². The molecule has 0 unspecified atom stereocenters. The number of ether oxygens (including phenoxy) is 1. The highest BCUT2D eigenvalue weighted by molar-refractivity contribution is 5.99. The van der Waals surface area contributed by atoms with Crippen LogP contribution in [0.25, 0.3) is 0 Å². The van der Waals surface area contributed by atoms with Crippen LogP contribution in [0.3, 0.4) is 0 Å². The molecule has 1 aromatic rings. The van der Waals surface area contributed by atoms with E-state index in [-0.39, 0.29) is 22.9 Å². The van der Waals surface area contributed by atoms with Crippen molar-refractivity contribution in [2.75, 3.05) is 0 Å². The third-order valence-corrected chi connectivity index (χ3v) is 4.55. The van der Waals surface area contributed by atoms with E-state index in [9.17, 15) is 24.5 Å². The molecule has 1 atom stereocenters. The van der Waals surface area contributed by atoms with E-state index in [4.69, 9.17) is 4.74 Å². The number of nitrogens with zero attached hydrogens (tertiary/aromatic N) is 1. The smallest absolute Gasteiger partial charge is 0.339 e. The van der Waals surface area contributed by atoms with Gasteiger partial charge in [0.15, 0.2) is 6.10 Å². The van der Waals surface area contributed by atoms with Gasteiger partial charge >= 0.3 is 12.0 Å². The van der Waals surface area contributed by atoms with Crippen molar-refractivity contribution in [3.05, 3.63) is 39.4 Å². The lowest BCUT2D eigenvalue weighted by atomic mass is 9.96. The number of rotatable bonds is 5. The highest BCUT2D eigenvalue weighted by Crippen LogP contribution is 2.22. The Hall–Kier alpha value is -2.97. The van der Waals surface area contributed by atoms with Gasteiger partial charge in [0.05, 0.1) is 10.5 Å². The summed E-state index contributed by atoms with van der Waals surface area (Å²) in [6.45, 7) is 2.75. The minimum absolute atomic E-state index is 0.00416. The van der Waals surface area contributed by atoms with Gasteiger partial charge in [-0.15, -0.1) is 0 Å². The van der Waals surface area contributed by atoms with Crippen LogP contribution in [0.4, 0.5) is 10.5 Å². The standard InChI is InChI=1S/C18H23N3O6/c1-11-14(9-6-10-15(11)21(25)26)17(23)27-12(2)16(22)20-18(24)19-13-7-4-3-5-8-13/h6,9-10,12-13H,3-5,7-8H2,1-2H3,(H2,19,20,22,24)/t12-/m1/s1. The highest BCUT2D eigenvalue weighted by atomic mass is 16.6. The van der Waals surface area contributed by atoms with Crippen LogP contribution in [-0.4, -0.2) is 35.0 Å². The first kappa shape index (κ1) is 20.3. The third-order valence-electron chi connectivity index (χ3n) is 4.55. The number of nitro benzene ring substituents is 1. The molecule has 2 N–H and O–H groups in total. The van der Waals surface area contributed by atoms with Crippen molar-refractivity contribution in [3.63, 3.8) is 0 Å². The second kappa shape index (κ2) is 9.11. The number of hydrogen-bond donors (Lipinski definition) is 2. The summed E-state index contributed by atoms with van der Waals surface area (Å²) in [6.07, 6.45) is 3.73. The van der Waals surface area contributed by atoms with Crippen molar-refractivity contribution >= 4 is 23.6 Å². The second-order valence-electron chi connectivity index (χ2n) is 6.55. The van der Waals surface area contributed by atoms with Crippen LogP contribution < -0.4 is 10.6 Å². The van der Waals surface area contributed by atoms with E-state index in [1.54, 1.807) is 0 Å². The molecule has 1 fully saturated rings. The van der Waals surface area contributed by atoms with Gasteiger partial charge in [-0.3, -0.25) is 20.2 Å².